The van der Waals surface area contributed by atoms with E-state index >= 15 is 0 Å². The monoisotopic (exact) mass is 322 g/mol. The fourth-order valence-corrected chi connectivity index (χ4v) is 3.98. The molecule has 0 N–H and O–H groups in total. The topological polar surface area (TPSA) is 27.0 Å². The van der Waals surface area contributed by atoms with Gasteiger partial charge in [0.25, 0.3) is 0 Å². The lowest BCUT2D eigenvalue weighted by Crippen LogP contribution is -2.35. The molecule has 0 spiro atoms. The van der Waals surface area contributed by atoms with Crippen molar-refractivity contribution in [2.45, 2.75) is 38.1 Å². The second kappa shape index (κ2) is 5.13. The zero-order valence-electron chi connectivity index (χ0n) is 10.7. The zero-order valence-corrected chi connectivity index (χ0v) is 12.3. The van der Waals surface area contributed by atoms with E-state index < -0.39 is 0 Å². The van der Waals surface area contributed by atoms with E-state index in [1.807, 2.05) is 6.07 Å². The minimum absolute atomic E-state index is 0.287. The Morgan fingerprint density at radius 3 is 2.84 bits per heavy atom. The summed E-state index contributed by atoms with van der Waals surface area (Å²) in [6.07, 6.45) is 6.18. The highest BCUT2D eigenvalue weighted by Crippen LogP contribution is 2.41. The quantitative estimate of drug-likeness (QED) is 0.773. The summed E-state index contributed by atoms with van der Waals surface area (Å²) in [5.41, 5.74) is 1.01. The smallest absolute Gasteiger partial charge is 0.161 e. The van der Waals surface area contributed by atoms with Crippen molar-refractivity contribution in [3.8, 4) is 6.07 Å². The van der Waals surface area contributed by atoms with Crippen LogP contribution in [0.2, 0.25) is 0 Å². The molecule has 1 aromatic carbocycles. The normalized spacial score (nSPS) is 26.1. The molecule has 2 nitrogen and oxygen atoms in total. The third-order valence-corrected chi connectivity index (χ3v) is 5.28. The number of nitrogens with zero attached hydrogens (tertiary/aromatic N) is 2. The number of nitriles is 1. The highest BCUT2D eigenvalue weighted by Gasteiger charge is 2.37. The molecule has 1 aliphatic carbocycles. The lowest BCUT2D eigenvalue weighted by atomic mass is 9.85. The van der Waals surface area contributed by atoms with Gasteiger partial charge in [0.05, 0.1) is 15.7 Å². The van der Waals surface area contributed by atoms with Gasteiger partial charge in [-0.1, -0.05) is 12.8 Å². The van der Waals surface area contributed by atoms with Crippen LogP contribution in [-0.4, -0.2) is 12.6 Å². The maximum Gasteiger partial charge on any atom is 0.161 e. The molecule has 1 saturated heterocycles. The molecule has 0 radical (unpaired) electrons. The summed E-state index contributed by atoms with van der Waals surface area (Å²) in [5.74, 6) is 0.438. The first-order valence-electron chi connectivity index (χ1n) is 6.87. The van der Waals surface area contributed by atoms with Gasteiger partial charge in [-0.2, -0.15) is 5.26 Å². The number of benzene rings is 1. The van der Waals surface area contributed by atoms with Gasteiger partial charge in [-0.15, -0.1) is 0 Å². The number of anilines is 1. The van der Waals surface area contributed by atoms with Crippen molar-refractivity contribution >= 4 is 21.6 Å². The fraction of sp³-hybridized carbons (Fsp3) is 0.533. The van der Waals surface area contributed by atoms with Crippen molar-refractivity contribution in [2.75, 3.05) is 11.4 Å². The van der Waals surface area contributed by atoms with E-state index in [2.05, 4.69) is 20.8 Å². The molecular formula is C15H16BrFN2. The third-order valence-electron chi connectivity index (χ3n) is 4.50. The number of rotatable bonds is 1. The maximum atomic E-state index is 14.4. The van der Waals surface area contributed by atoms with Crippen LogP contribution in [0.3, 0.4) is 0 Å². The SMILES string of the molecule is N#Cc1ccc(N2CCC3CCCCC32)c(F)c1Br. The highest BCUT2D eigenvalue weighted by molar-refractivity contribution is 9.10. The molecule has 1 heterocycles. The zero-order chi connectivity index (χ0) is 13.4. The Balaban J connectivity index is 1.95. The molecular weight excluding hydrogens is 307 g/mol. The van der Waals surface area contributed by atoms with Crippen molar-refractivity contribution in [3.05, 3.63) is 28.0 Å². The molecule has 19 heavy (non-hydrogen) atoms. The van der Waals surface area contributed by atoms with E-state index in [0.29, 0.717) is 21.8 Å². The molecule has 1 aromatic rings. The van der Waals surface area contributed by atoms with Crippen LogP contribution in [0.15, 0.2) is 16.6 Å². The molecule has 1 aliphatic heterocycles. The van der Waals surface area contributed by atoms with Gasteiger partial charge < -0.3 is 4.90 Å². The van der Waals surface area contributed by atoms with Crippen LogP contribution in [-0.2, 0) is 0 Å². The molecule has 0 bridgehead atoms. The van der Waals surface area contributed by atoms with E-state index in [4.69, 9.17) is 5.26 Å². The van der Waals surface area contributed by atoms with Crippen molar-refractivity contribution in [2.24, 2.45) is 5.92 Å². The van der Waals surface area contributed by atoms with Gasteiger partial charge in [0, 0.05) is 12.6 Å². The van der Waals surface area contributed by atoms with E-state index in [0.717, 1.165) is 12.5 Å². The molecule has 2 atom stereocenters. The first-order chi connectivity index (χ1) is 9.22. The van der Waals surface area contributed by atoms with Gasteiger partial charge in [0.15, 0.2) is 5.82 Å². The predicted molar refractivity (Wildman–Crippen MR) is 76.5 cm³/mol. The average Bonchev–Trinajstić information content (AvgIpc) is 2.86. The van der Waals surface area contributed by atoms with Crippen LogP contribution in [0.5, 0.6) is 0 Å². The van der Waals surface area contributed by atoms with E-state index in [1.165, 1.54) is 32.1 Å². The molecule has 3 rings (SSSR count). The second-order valence-corrected chi connectivity index (χ2v) is 6.26. The minimum atomic E-state index is -0.287. The molecule has 1 saturated carbocycles. The van der Waals surface area contributed by atoms with E-state index in [-0.39, 0.29) is 5.82 Å². The number of hydrogen-bond donors (Lipinski definition) is 0. The minimum Gasteiger partial charge on any atom is -0.366 e. The first kappa shape index (κ1) is 12.9. The summed E-state index contributed by atoms with van der Waals surface area (Å²) in [6.45, 7) is 0.935. The third kappa shape index (κ3) is 2.14. The van der Waals surface area contributed by atoms with Crippen LogP contribution in [0.4, 0.5) is 10.1 Å². The average molecular weight is 323 g/mol. The maximum absolute atomic E-state index is 14.4. The highest BCUT2D eigenvalue weighted by atomic mass is 79.9. The fourth-order valence-electron chi connectivity index (χ4n) is 3.55. The molecule has 0 aromatic heterocycles. The Morgan fingerprint density at radius 1 is 1.26 bits per heavy atom. The summed E-state index contributed by atoms with van der Waals surface area (Å²) in [5, 5.41) is 8.93. The first-order valence-corrected chi connectivity index (χ1v) is 7.66. The van der Waals surface area contributed by atoms with Gasteiger partial charge in [-0.25, -0.2) is 4.39 Å². The van der Waals surface area contributed by atoms with E-state index in [9.17, 15) is 4.39 Å². The second-order valence-electron chi connectivity index (χ2n) is 5.47. The predicted octanol–water partition coefficient (Wildman–Crippen LogP) is 4.23. The molecule has 0 amide bonds. The van der Waals surface area contributed by atoms with Gasteiger partial charge in [-0.05, 0) is 53.2 Å². The number of fused-ring (bicyclic) bond motifs is 1. The Hall–Kier alpha value is -1.08. The Labute approximate surface area is 121 Å². The van der Waals surface area contributed by atoms with Crippen LogP contribution in [0.1, 0.15) is 37.7 Å². The standard InChI is InChI=1S/C15H16BrFN2/c16-14-11(9-18)5-6-13(15(14)17)19-8-7-10-3-1-2-4-12(10)19/h5-6,10,12H,1-4,7-8H2. The van der Waals surface area contributed by atoms with Crippen molar-refractivity contribution in [3.63, 3.8) is 0 Å². The lowest BCUT2D eigenvalue weighted by Gasteiger charge is -2.33. The lowest BCUT2D eigenvalue weighted by molar-refractivity contribution is 0.341. The van der Waals surface area contributed by atoms with Crippen molar-refractivity contribution in [1.82, 2.24) is 0 Å². The Kier molecular flexibility index (Phi) is 3.49. The molecule has 2 aliphatic rings. The summed E-state index contributed by atoms with van der Waals surface area (Å²) in [4.78, 5) is 2.21. The number of hydrogen-bond acceptors (Lipinski definition) is 2. The van der Waals surface area contributed by atoms with Crippen LogP contribution >= 0.6 is 15.9 Å². The molecule has 4 heteroatoms. The Bertz CT molecular complexity index is 538. The largest absolute Gasteiger partial charge is 0.366 e. The summed E-state index contributed by atoms with van der Waals surface area (Å²) >= 11 is 3.20. The number of halogens is 2. The van der Waals surface area contributed by atoms with Gasteiger partial charge in [0.1, 0.15) is 6.07 Å². The molecule has 2 fully saturated rings. The summed E-state index contributed by atoms with van der Waals surface area (Å²) in [6, 6.07) is 5.96. The van der Waals surface area contributed by atoms with Gasteiger partial charge >= 0.3 is 0 Å². The van der Waals surface area contributed by atoms with Crippen molar-refractivity contribution in [1.29, 1.82) is 5.26 Å². The van der Waals surface area contributed by atoms with Crippen LogP contribution in [0, 0.1) is 23.1 Å². The van der Waals surface area contributed by atoms with Gasteiger partial charge in [-0.3, -0.25) is 0 Å². The van der Waals surface area contributed by atoms with E-state index in [1.54, 1.807) is 12.1 Å². The Morgan fingerprint density at radius 2 is 2.05 bits per heavy atom. The van der Waals surface area contributed by atoms with Crippen LogP contribution < -0.4 is 4.90 Å². The van der Waals surface area contributed by atoms with Gasteiger partial charge in [0.2, 0.25) is 0 Å². The summed E-state index contributed by atoms with van der Waals surface area (Å²) in [7, 11) is 0. The summed E-state index contributed by atoms with van der Waals surface area (Å²) < 4.78 is 14.7. The van der Waals surface area contributed by atoms with Crippen molar-refractivity contribution < 1.29 is 4.39 Å². The molecule has 2 unspecified atom stereocenters. The molecule has 100 valence electrons. The van der Waals surface area contributed by atoms with Crippen LogP contribution in [0.25, 0.3) is 0 Å².